The molecule has 0 aromatic carbocycles. The Bertz CT molecular complexity index is 471. The maximum atomic E-state index is 12.0. The molecule has 116 valence electrons. The second-order valence-electron chi connectivity index (χ2n) is 4.79. The third kappa shape index (κ3) is 5.22. The molecule has 8 heteroatoms. The van der Waals surface area contributed by atoms with E-state index in [1.165, 1.54) is 18.3 Å². The molecule has 1 fully saturated rings. The average Bonchev–Trinajstić information content (AvgIpc) is 2.46. The number of piperidine rings is 1. The number of hydrogen-bond donors (Lipinski definition) is 2. The van der Waals surface area contributed by atoms with Crippen molar-refractivity contribution in [3.8, 4) is 5.88 Å². The van der Waals surface area contributed by atoms with Gasteiger partial charge in [-0.25, -0.2) is 4.98 Å². The van der Waals surface area contributed by atoms with Gasteiger partial charge in [-0.1, -0.05) is 0 Å². The Balaban J connectivity index is 1.87. The quantitative estimate of drug-likeness (QED) is 0.885. The topological polar surface area (TPSA) is 63.2 Å². The van der Waals surface area contributed by atoms with E-state index in [-0.39, 0.29) is 17.8 Å². The fraction of sp³-hybridized carbons (Fsp3) is 0.538. The van der Waals surface area contributed by atoms with E-state index in [2.05, 4.69) is 20.4 Å². The predicted molar refractivity (Wildman–Crippen MR) is 69.1 cm³/mol. The molecule has 1 aromatic heterocycles. The molecule has 0 spiro atoms. The maximum absolute atomic E-state index is 12.0. The number of alkyl halides is 3. The van der Waals surface area contributed by atoms with Gasteiger partial charge in [0.2, 0.25) is 5.88 Å². The summed E-state index contributed by atoms with van der Waals surface area (Å²) in [7, 11) is 0. The van der Waals surface area contributed by atoms with Gasteiger partial charge < -0.3 is 15.4 Å². The van der Waals surface area contributed by atoms with E-state index in [4.69, 9.17) is 0 Å². The van der Waals surface area contributed by atoms with Crippen molar-refractivity contribution in [2.75, 3.05) is 19.7 Å². The number of carbonyl (C=O) groups excluding carboxylic acids is 1. The molecule has 21 heavy (non-hydrogen) atoms. The van der Waals surface area contributed by atoms with Crippen LogP contribution in [0.25, 0.3) is 0 Å². The second kappa shape index (κ2) is 6.75. The van der Waals surface area contributed by atoms with E-state index in [1.807, 2.05) is 0 Å². The summed E-state index contributed by atoms with van der Waals surface area (Å²) >= 11 is 0. The van der Waals surface area contributed by atoms with Gasteiger partial charge in [-0.3, -0.25) is 4.79 Å². The first-order valence-corrected chi connectivity index (χ1v) is 6.61. The Morgan fingerprint density at radius 3 is 2.67 bits per heavy atom. The number of halogens is 3. The van der Waals surface area contributed by atoms with Crippen molar-refractivity contribution >= 4 is 5.91 Å². The number of nitrogens with one attached hydrogen (secondary N) is 2. The summed E-state index contributed by atoms with van der Waals surface area (Å²) in [6.45, 7) is 0.307. The molecule has 1 saturated heterocycles. The van der Waals surface area contributed by atoms with Gasteiger partial charge in [0.05, 0.1) is 5.56 Å². The molecule has 0 unspecified atom stereocenters. The molecular formula is C13H16F3N3O2. The SMILES string of the molecule is O=C(NC1CCNCC1)c1ccc(OCC(F)(F)F)nc1. The van der Waals surface area contributed by atoms with Crippen molar-refractivity contribution in [1.29, 1.82) is 0 Å². The fourth-order valence-electron chi connectivity index (χ4n) is 1.99. The first-order chi connectivity index (χ1) is 9.94. The summed E-state index contributed by atoms with van der Waals surface area (Å²) in [5, 5.41) is 6.06. The first kappa shape index (κ1) is 15.6. The standard InChI is InChI=1S/C13H16F3N3O2/c14-13(15,16)8-21-11-2-1-9(7-18-11)12(20)19-10-3-5-17-6-4-10/h1-2,7,10,17H,3-6,8H2,(H,19,20). The largest absolute Gasteiger partial charge is 0.468 e. The molecule has 1 amide bonds. The zero-order chi connectivity index (χ0) is 15.3. The van der Waals surface area contributed by atoms with E-state index in [1.54, 1.807) is 0 Å². The number of rotatable bonds is 4. The molecule has 0 radical (unpaired) electrons. The van der Waals surface area contributed by atoms with Crippen LogP contribution in [-0.2, 0) is 0 Å². The Kier molecular flexibility index (Phi) is 5.00. The van der Waals surface area contributed by atoms with Crippen molar-refractivity contribution in [3.05, 3.63) is 23.9 Å². The van der Waals surface area contributed by atoms with Gasteiger partial charge in [0.1, 0.15) is 0 Å². The highest BCUT2D eigenvalue weighted by atomic mass is 19.4. The molecular weight excluding hydrogens is 287 g/mol. The van der Waals surface area contributed by atoms with Crippen LogP contribution in [0.15, 0.2) is 18.3 Å². The van der Waals surface area contributed by atoms with Gasteiger partial charge in [0.25, 0.3) is 5.91 Å². The summed E-state index contributed by atoms with van der Waals surface area (Å²) in [5.41, 5.74) is 0.299. The van der Waals surface area contributed by atoms with Gasteiger partial charge in [-0.15, -0.1) is 0 Å². The Morgan fingerprint density at radius 2 is 2.10 bits per heavy atom. The first-order valence-electron chi connectivity index (χ1n) is 6.61. The summed E-state index contributed by atoms with van der Waals surface area (Å²) in [6, 6.07) is 2.76. The number of amides is 1. The predicted octanol–water partition coefficient (Wildman–Crippen LogP) is 1.50. The summed E-state index contributed by atoms with van der Waals surface area (Å²) in [4.78, 5) is 15.6. The van der Waals surface area contributed by atoms with Crippen molar-refractivity contribution in [2.24, 2.45) is 0 Å². The Labute approximate surface area is 119 Å². The van der Waals surface area contributed by atoms with Gasteiger partial charge in [-0.05, 0) is 32.0 Å². The van der Waals surface area contributed by atoms with E-state index in [9.17, 15) is 18.0 Å². The minimum Gasteiger partial charge on any atom is -0.468 e. The van der Waals surface area contributed by atoms with Crippen LogP contribution in [0.3, 0.4) is 0 Å². The monoisotopic (exact) mass is 303 g/mol. The number of nitrogens with zero attached hydrogens (tertiary/aromatic N) is 1. The van der Waals surface area contributed by atoms with Crippen molar-refractivity contribution < 1.29 is 22.7 Å². The lowest BCUT2D eigenvalue weighted by molar-refractivity contribution is -0.154. The average molecular weight is 303 g/mol. The van der Waals surface area contributed by atoms with Crippen LogP contribution in [0.1, 0.15) is 23.2 Å². The lowest BCUT2D eigenvalue weighted by atomic mass is 10.1. The lowest BCUT2D eigenvalue weighted by Gasteiger charge is -2.23. The molecule has 1 aliphatic rings. The van der Waals surface area contributed by atoms with Gasteiger partial charge >= 0.3 is 6.18 Å². The number of ether oxygens (including phenoxy) is 1. The van der Waals surface area contributed by atoms with Crippen LogP contribution < -0.4 is 15.4 Å². The normalized spacial score (nSPS) is 16.5. The van der Waals surface area contributed by atoms with Crippen LogP contribution in [0.4, 0.5) is 13.2 Å². The molecule has 0 atom stereocenters. The molecule has 2 N–H and O–H groups in total. The minimum absolute atomic E-state index is 0.111. The van der Waals surface area contributed by atoms with Crippen LogP contribution in [0.5, 0.6) is 5.88 Å². The zero-order valence-electron chi connectivity index (χ0n) is 11.2. The third-order valence-electron chi connectivity index (χ3n) is 3.06. The third-order valence-corrected chi connectivity index (χ3v) is 3.06. The van der Waals surface area contributed by atoms with Gasteiger partial charge in [0, 0.05) is 18.3 Å². The number of carbonyl (C=O) groups is 1. The van der Waals surface area contributed by atoms with Gasteiger partial charge in [-0.2, -0.15) is 13.2 Å². The number of aromatic nitrogens is 1. The van der Waals surface area contributed by atoms with Crippen molar-refractivity contribution in [3.63, 3.8) is 0 Å². The van der Waals surface area contributed by atoms with Crippen LogP contribution in [-0.4, -0.2) is 42.8 Å². The van der Waals surface area contributed by atoms with Crippen molar-refractivity contribution in [1.82, 2.24) is 15.6 Å². The minimum atomic E-state index is -4.41. The summed E-state index contributed by atoms with van der Waals surface area (Å²) in [5.74, 6) is -0.442. The van der Waals surface area contributed by atoms with Gasteiger partial charge in [0.15, 0.2) is 6.61 Å². The second-order valence-corrected chi connectivity index (χ2v) is 4.79. The highest BCUT2D eigenvalue weighted by Crippen LogP contribution is 2.17. The highest BCUT2D eigenvalue weighted by molar-refractivity contribution is 5.94. The maximum Gasteiger partial charge on any atom is 0.422 e. The molecule has 1 aliphatic heterocycles. The van der Waals surface area contributed by atoms with E-state index < -0.39 is 12.8 Å². The number of hydrogen-bond acceptors (Lipinski definition) is 4. The molecule has 5 nitrogen and oxygen atoms in total. The molecule has 2 heterocycles. The molecule has 0 aliphatic carbocycles. The van der Waals surface area contributed by atoms with Crippen LogP contribution in [0, 0.1) is 0 Å². The van der Waals surface area contributed by atoms with E-state index in [0.29, 0.717) is 5.56 Å². The Morgan fingerprint density at radius 1 is 1.38 bits per heavy atom. The Hall–Kier alpha value is -1.83. The zero-order valence-corrected chi connectivity index (χ0v) is 11.2. The molecule has 2 rings (SSSR count). The summed E-state index contributed by atoms with van der Waals surface area (Å²) < 4.78 is 40.4. The van der Waals surface area contributed by atoms with E-state index >= 15 is 0 Å². The van der Waals surface area contributed by atoms with Crippen LogP contribution >= 0.6 is 0 Å². The number of pyridine rings is 1. The van der Waals surface area contributed by atoms with Crippen LogP contribution in [0.2, 0.25) is 0 Å². The lowest BCUT2D eigenvalue weighted by Crippen LogP contribution is -2.42. The summed E-state index contributed by atoms with van der Waals surface area (Å²) in [6.07, 6.45) is -1.49. The van der Waals surface area contributed by atoms with Crippen molar-refractivity contribution in [2.45, 2.75) is 25.1 Å². The molecule has 0 bridgehead atoms. The van der Waals surface area contributed by atoms with E-state index in [0.717, 1.165) is 25.9 Å². The molecule has 0 saturated carbocycles. The fourth-order valence-corrected chi connectivity index (χ4v) is 1.99. The smallest absolute Gasteiger partial charge is 0.422 e. The highest BCUT2D eigenvalue weighted by Gasteiger charge is 2.28. The molecule has 1 aromatic rings.